The molecule has 16 heavy (non-hydrogen) atoms. The third-order valence-electron chi connectivity index (χ3n) is 2.16. The number of benzene rings is 1. The molecule has 0 spiro atoms. The van der Waals surface area contributed by atoms with Gasteiger partial charge in [0.1, 0.15) is 5.75 Å². The topological polar surface area (TPSA) is 106 Å². The summed E-state index contributed by atoms with van der Waals surface area (Å²) in [6.45, 7) is 1.59. The SMILES string of the molecule is C[C@@H](Cc1ccc(O)c(N=[N+]=[N-])c1)C(=O)O. The second kappa shape index (κ2) is 5.04. The Balaban J connectivity index is 2.94. The molecule has 0 fully saturated rings. The van der Waals surface area contributed by atoms with Crippen molar-refractivity contribution in [2.75, 3.05) is 0 Å². The van der Waals surface area contributed by atoms with Crippen LogP contribution in [-0.4, -0.2) is 16.2 Å². The van der Waals surface area contributed by atoms with Gasteiger partial charge in [-0.15, -0.1) is 0 Å². The summed E-state index contributed by atoms with van der Waals surface area (Å²) in [7, 11) is 0. The number of phenolic OH excluding ortho intramolecular Hbond substituents is 1. The minimum Gasteiger partial charge on any atom is -0.507 e. The summed E-state index contributed by atoms with van der Waals surface area (Å²) >= 11 is 0. The normalized spacial score (nSPS) is 11.6. The van der Waals surface area contributed by atoms with E-state index in [2.05, 4.69) is 10.0 Å². The number of hydrogen-bond donors (Lipinski definition) is 2. The number of aliphatic carboxylic acids is 1. The highest BCUT2D eigenvalue weighted by Crippen LogP contribution is 2.28. The third-order valence-corrected chi connectivity index (χ3v) is 2.16. The molecule has 6 nitrogen and oxygen atoms in total. The van der Waals surface area contributed by atoms with Gasteiger partial charge in [-0.3, -0.25) is 4.79 Å². The van der Waals surface area contributed by atoms with E-state index >= 15 is 0 Å². The molecule has 0 saturated carbocycles. The van der Waals surface area contributed by atoms with Crippen molar-refractivity contribution in [3.63, 3.8) is 0 Å². The van der Waals surface area contributed by atoms with Gasteiger partial charge in [-0.2, -0.15) is 0 Å². The van der Waals surface area contributed by atoms with Crippen LogP contribution in [0.1, 0.15) is 12.5 Å². The number of carbonyl (C=O) groups is 1. The Morgan fingerprint density at radius 2 is 2.31 bits per heavy atom. The zero-order valence-corrected chi connectivity index (χ0v) is 8.66. The average Bonchev–Trinajstić information content (AvgIpc) is 2.23. The maximum absolute atomic E-state index is 10.6. The number of aromatic hydroxyl groups is 1. The first-order valence-corrected chi connectivity index (χ1v) is 4.64. The van der Waals surface area contributed by atoms with Gasteiger partial charge in [0.25, 0.3) is 0 Å². The predicted molar refractivity (Wildman–Crippen MR) is 57.4 cm³/mol. The first-order valence-electron chi connectivity index (χ1n) is 4.64. The highest BCUT2D eigenvalue weighted by atomic mass is 16.4. The molecule has 0 aliphatic heterocycles. The largest absolute Gasteiger partial charge is 0.507 e. The lowest BCUT2D eigenvalue weighted by Crippen LogP contribution is -2.12. The lowest BCUT2D eigenvalue weighted by Gasteiger charge is -2.07. The van der Waals surface area contributed by atoms with Gasteiger partial charge in [-0.25, -0.2) is 0 Å². The van der Waals surface area contributed by atoms with Gasteiger partial charge in [0.2, 0.25) is 0 Å². The predicted octanol–water partition coefficient (Wildman–Crippen LogP) is 2.60. The number of carboxylic acid groups (broad SMARTS) is 1. The van der Waals surface area contributed by atoms with Crippen LogP contribution in [0.15, 0.2) is 23.3 Å². The smallest absolute Gasteiger partial charge is 0.306 e. The molecule has 0 saturated heterocycles. The number of rotatable bonds is 4. The summed E-state index contributed by atoms with van der Waals surface area (Å²) < 4.78 is 0. The van der Waals surface area contributed by atoms with Crippen LogP contribution < -0.4 is 0 Å². The second-order valence-electron chi connectivity index (χ2n) is 3.46. The monoisotopic (exact) mass is 221 g/mol. The molecule has 1 atom stereocenters. The summed E-state index contributed by atoms with van der Waals surface area (Å²) in [6.07, 6.45) is 0.323. The molecule has 0 unspecified atom stereocenters. The lowest BCUT2D eigenvalue weighted by atomic mass is 10.0. The Labute approximate surface area is 91.8 Å². The summed E-state index contributed by atoms with van der Waals surface area (Å²) in [5.41, 5.74) is 9.07. The molecule has 0 radical (unpaired) electrons. The Bertz CT molecular complexity index is 453. The second-order valence-corrected chi connectivity index (χ2v) is 3.46. The van der Waals surface area contributed by atoms with E-state index in [-0.39, 0.29) is 11.4 Å². The van der Waals surface area contributed by atoms with Crippen LogP contribution in [-0.2, 0) is 11.2 Å². The van der Waals surface area contributed by atoms with Crippen LogP contribution >= 0.6 is 0 Å². The maximum atomic E-state index is 10.6. The van der Waals surface area contributed by atoms with E-state index in [1.807, 2.05) is 0 Å². The van der Waals surface area contributed by atoms with Gasteiger partial charge >= 0.3 is 5.97 Å². The van der Waals surface area contributed by atoms with Gasteiger partial charge in [-0.05, 0) is 29.6 Å². The van der Waals surface area contributed by atoms with E-state index in [0.717, 1.165) is 0 Å². The fourth-order valence-corrected chi connectivity index (χ4v) is 1.27. The quantitative estimate of drug-likeness (QED) is 0.463. The fourth-order valence-electron chi connectivity index (χ4n) is 1.27. The number of azide groups is 1. The van der Waals surface area contributed by atoms with Crippen molar-refractivity contribution in [1.82, 2.24) is 0 Å². The summed E-state index contributed by atoms with van der Waals surface area (Å²) in [5, 5.41) is 21.4. The van der Waals surface area contributed by atoms with E-state index in [0.29, 0.717) is 12.0 Å². The van der Waals surface area contributed by atoms with Crippen LogP contribution in [0.5, 0.6) is 5.75 Å². The molecule has 0 aromatic heterocycles. The minimum atomic E-state index is -0.890. The van der Waals surface area contributed by atoms with Crippen LogP contribution in [0.3, 0.4) is 0 Å². The van der Waals surface area contributed by atoms with Crippen LogP contribution in [0.25, 0.3) is 10.4 Å². The van der Waals surface area contributed by atoms with Crippen molar-refractivity contribution >= 4 is 11.7 Å². The van der Waals surface area contributed by atoms with E-state index in [9.17, 15) is 9.90 Å². The van der Waals surface area contributed by atoms with E-state index in [4.69, 9.17) is 10.6 Å². The molecule has 1 aromatic rings. The van der Waals surface area contributed by atoms with Crippen LogP contribution in [0, 0.1) is 5.92 Å². The molecule has 0 bridgehead atoms. The van der Waals surface area contributed by atoms with E-state index in [1.54, 1.807) is 13.0 Å². The first kappa shape index (κ1) is 11.9. The highest BCUT2D eigenvalue weighted by Gasteiger charge is 2.12. The molecule has 0 aliphatic rings. The first-order chi connectivity index (χ1) is 7.54. The Hall–Kier alpha value is -2.20. The Morgan fingerprint density at radius 1 is 1.62 bits per heavy atom. The van der Waals surface area contributed by atoms with Crippen molar-refractivity contribution in [3.8, 4) is 5.75 Å². The van der Waals surface area contributed by atoms with Crippen molar-refractivity contribution in [3.05, 3.63) is 34.2 Å². The van der Waals surface area contributed by atoms with Crippen molar-refractivity contribution in [1.29, 1.82) is 0 Å². The molecule has 84 valence electrons. The van der Waals surface area contributed by atoms with E-state index in [1.165, 1.54) is 12.1 Å². The molecule has 0 aliphatic carbocycles. The summed E-state index contributed by atoms with van der Waals surface area (Å²) in [5.74, 6) is -1.54. The number of nitrogens with zero attached hydrogens (tertiary/aromatic N) is 3. The molecular formula is C10H11N3O3. The molecule has 0 heterocycles. The fraction of sp³-hybridized carbons (Fsp3) is 0.300. The highest BCUT2D eigenvalue weighted by molar-refractivity contribution is 5.70. The van der Waals surface area contributed by atoms with E-state index < -0.39 is 11.9 Å². The standard InChI is InChI=1S/C10H11N3O3/c1-6(10(15)16)4-7-2-3-9(14)8(5-7)12-13-11/h2-3,5-6,14H,4H2,1H3,(H,15,16)/t6-/m0/s1. The zero-order valence-electron chi connectivity index (χ0n) is 8.66. The van der Waals surface area contributed by atoms with Gasteiger partial charge in [0, 0.05) is 4.91 Å². The summed E-state index contributed by atoms with van der Waals surface area (Å²) in [6, 6.07) is 4.47. The molecule has 1 aromatic carbocycles. The van der Waals surface area contributed by atoms with Crippen molar-refractivity contribution in [2.24, 2.45) is 11.0 Å². The molecule has 6 heteroatoms. The van der Waals surface area contributed by atoms with Crippen molar-refractivity contribution in [2.45, 2.75) is 13.3 Å². The molecule has 1 rings (SSSR count). The minimum absolute atomic E-state index is 0.109. The lowest BCUT2D eigenvalue weighted by molar-refractivity contribution is -0.141. The van der Waals surface area contributed by atoms with Gasteiger partial charge in [-0.1, -0.05) is 18.1 Å². The number of hydrogen-bond acceptors (Lipinski definition) is 3. The van der Waals surface area contributed by atoms with Crippen molar-refractivity contribution < 1.29 is 15.0 Å². The number of carboxylic acids is 1. The van der Waals surface area contributed by atoms with Crippen LogP contribution in [0.2, 0.25) is 0 Å². The summed E-state index contributed by atoms with van der Waals surface area (Å²) in [4.78, 5) is 13.2. The van der Waals surface area contributed by atoms with Gasteiger partial charge in [0.05, 0.1) is 11.6 Å². The Morgan fingerprint density at radius 3 is 2.88 bits per heavy atom. The van der Waals surface area contributed by atoms with Crippen LogP contribution in [0.4, 0.5) is 5.69 Å². The maximum Gasteiger partial charge on any atom is 0.306 e. The molecule has 0 amide bonds. The zero-order chi connectivity index (χ0) is 12.1. The molecule has 2 N–H and O–H groups in total. The third kappa shape index (κ3) is 2.90. The molecular weight excluding hydrogens is 210 g/mol. The Kier molecular flexibility index (Phi) is 3.74. The van der Waals surface area contributed by atoms with Gasteiger partial charge in [0.15, 0.2) is 0 Å². The number of phenols is 1. The van der Waals surface area contributed by atoms with Gasteiger partial charge < -0.3 is 10.2 Å². The average molecular weight is 221 g/mol.